The smallest absolute Gasteiger partial charge is 0.416 e. The van der Waals surface area contributed by atoms with Crippen LogP contribution in [0.15, 0.2) is 82.4 Å². The summed E-state index contributed by atoms with van der Waals surface area (Å²) in [4.78, 5) is 4.30. The van der Waals surface area contributed by atoms with Gasteiger partial charge in [-0.25, -0.2) is 12.8 Å². The van der Waals surface area contributed by atoms with Gasteiger partial charge in [-0.3, -0.25) is 10.3 Å². The molecule has 0 heterocycles. The van der Waals surface area contributed by atoms with Crippen molar-refractivity contribution in [2.75, 3.05) is 7.11 Å². The van der Waals surface area contributed by atoms with E-state index in [0.717, 1.165) is 36.4 Å². The molecular weight excluding hydrogens is 514 g/mol. The van der Waals surface area contributed by atoms with Crippen LogP contribution in [0, 0.1) is 5.82 Å². The first-order valence-corrected chi connectivity index (χ1v) is 11.6. The lowest BCUT2D eigenvalue weighted by Gasteiger charge is -2.14. The average molecular weight is 532 g/mol. The maximum Gasteiger partial charge on any atom is 0.416 e. The van der Waals surface area contributed by atoms with Crippen LogP contribution in [0.1, 0.15) is 12.5 Å². The maximum atomic E-state index is 13.3. The molecule has 0 spiro atoms. The zero-order valence-electron chi connectivity index (χ0n) is 18.2. The van der Waals surface area contributed by atoms with Crippen molar-refractivity contribution in [1.29, 1.82) is 0 Å². The molecule has 3 aromatic carbocycles. The van der Waals surface area contributed by atoms with Gasteiger partial charge in [0.2, 0.25) is 9.84 Å². The van der Waals surface area contributed by atoms with E-state index in [0.29, 0.717) is 11.8 Å². The van der Waals surface area contributed by atoms with E-state index in [2.05, 4.69) is 5.48 Å². The third-order valence-corrected chi connectivity index (χ3v) is 6.55. The zero-order chi connectivity index (χ0) is 25.8. The number of hydrogen-bond acceptors (Lipinski definition) is 6. The Morgan fingerprint density at radius 3 is 2.29 bits per heavy atom. The number of hydroxylamine groups is 1. The van der Waals surface area contributed by atoms with Gasteiger partial charge in [-0.2, -0.15) is 13.2 Å². The van der Waals surface area contributed by atoms with Crippen molar-refractivity contribution in [2.45, 2.75) is 22.9 Å². The minimum Gasteiger partial charge on any atom is -0.462 e. The van der Waals surface area contributed by atoms with Gasteiger partial charge in [-0.15, -0.1) is 0 Å². The lowest BCUT2D eigenvalue weighted by Crippen LogP contribution is -2.10. The predicted octanol–water partition coefficient (Wildman–Crippen LogP) is 6.51. The topological polar surface area (TPSA) is 73.9 Å². The molecule has 12 heteroatoms. The number of halogens is 5. The molecule has 186 valence electrons. The Morgan fingerprint density at radius 1 is 1.00 bits per heavy atom. The molecule has 0 saturated heterocycles. The summed E-state index contributed by atoms with van der Waals surface area (Å²) in [5.74, 6) is -0.841. The monoisotopic (exact) mass is 531 g/mol. The van der Waals surface area contributed by atoms with Gasteiger partial charge in [0.25, 0.3) is 0 Å². The molecule has 0 fully saturated rings. The van der Waals surface area contributed by atoms with E-state index in [1.54, 1.807) is 6.92 Å². The molecule has 6 nitrogen and oxygen atoms in total. The molecule has 0 aliphatic carbocycles. The number of allylic oxidation sites excluding steroid dienone is 1. The molecule has 0 aromatic heterocycles. The standard InChI is InChI=1S/C23H18ClF4NO5S/c1-14(29-32-2)13-33-21-12-17(34-20-9-3-15(11-19(20)24)23(26,27)28)6-10-22(21)35(30,31)18-7-4-16(25)5-8-18/h3-13,29H,1-2H3. The molecule has 0 aliphatic heterocycles. The van der Waals surface area contributed by atoms with Crippen LogP contribution in [-0.4, -0.2) is 15.5 Å². The Balaban J connectivity index is 2.02. The van der Waals surface area contributed by atoms with Crippen LogP contribution in [0.25, 0.3) is 0 Å². The van der Waals surface area contributed by atoms with Crippen LogP contribution in [0.4, 0.5) is 17.6 Å². The van der Waals surface area contributed by atoms with E-state index in [1.807, 2.05) is 0 Å². The van der Waals surface area contributed by atoms with Gasteiger partial charge in [-0.1, -0.05) is 11.6 Å². The molecule has 1 N–H and O–H groups in total. The highest BCUT2D eigenvalue weighted by Gasteiger charge is 2.31. The first-order valence-electron chi connectivity index (χ1n) is 9.73. The van der Waals surface area contributed by atoms with Gasteiger partial charge < -0.3 is 9.47 Å². The third kappa shape index (κ3) is 6.44. The fourth-order valence-corrected chi connectivity index (χ4v) is 4.42. The van der Waals surface area contributed by atoms with Crippen molar-refractivity contribution in [3.8, 4) is 17.2 Å². The minimum atomic E-state index is -4.58. The number of nitrogens with one attached hydrogen (secondary N) is 1. The number of sulfone groups is 1. The summed E-state index contributed by atoms with van der Waals surface area (Å²) in [6.07, 6.45) is -3.41. The Bertz CT molecular complexity index is 1340. The molecule has 0 aliphatic rings. The normalized spacial score (nSPS) is 12.4. The Kier molecular flexibility index (Phi) is 7.93. The average Bonchev–Trinajstić information content (AvgIpc) is 2.79. The molecule has 3 rings (SSSR count). The molecule has 0 amide bonds. The number of benzene rings is 3. The lowest BCUT2D eigenvalue weighted by molar-refractivity contribution is -0.137. The molecule has 0 radical (unpaired) electrons. The Hall–Kier alpha value is -3.28. The van der Waals surface area contributed by atoms with Gasteiger partial charge in [0.05, 0.1) is 28.3 Å². The fraction of sp³-hybridized carbons (Fsp3) is 0.130. The van der Waals surface area contributed by atoms with Crippen LogP contribution in [0.2, 0.25) is 5.02 Å². The highest BCUT2D eigenvalue weighted by molar-refractivity contribution is 7.91. The third-order valence-electron chi connectivity index (χ3n) is 4.44. The second-order valence-corrected chi connectivity index (χ2v) is 9.36. The van der Waals surface area contributed by atoms with E-state index < -0.39 is 27.4 Å². The second kappa shape index (κ2) is 10.5. The van der Waals surface area contributed by atoms with Crippen molar-refractivity contribution >= 4 is 21.4 Å². The Morgan fingerprint density at radius 2 is 1.69 bits per heavy atom. The number of ether oxygens (including phenoxy) is 2. The van der Waals surface area contributed by atoms with Crippen molar-refractivity contribution in [3.05, 3.63) is 89.0 Å². The van der Waals surface area contributed by atoms with Crippen LogP contribution >= 0.6 is 11.6 Å². The molecule has 35 heavy (non-hydrogen) atoms. The zero-order valence-corrected chi connectivity index (χ0v) is 19.8. The predicted molar refractivity (Wildman–Crippen MR) is 119 cm³/mol. The van der Waals surface area contributed by atoms with Crippen LogP contribution < -0.4 is 15.0 Å². The molecule has 0 atom stereocenters. The lowest BCUT2D eigenvalue weighted by atomic mass is 10.2. The number of alkyl halides is 3. The minimum absolute atomic E-state index is 0.0328. The summed E-state index contributed by atoms with van der Waals surface area (Å²) in [5.41, 5.74) is 1.93. The van der Waals surface area contributed by atoms with Gasteiger partial charge >= 0.3 is 6.18 Å². The van der Waals surface area contributed by atoms with E-state index in [4.69, 9.17) is 25.9 Å². The van der Waals surface area contributed by atoms with Crippen LogP contribution in [-0.2, 0) is 20.9 Å². The molecule has 0 saturated carbocycles. The fourth-order valence-electron chi connectivity index (χ4n) is 2.83. The quantitative estimate of drug-likeness (QED) is 0.154. The Labute approximate surface area is 203 Å². The number of hydrogen-bond donors (Lipinski definition) is 1. The van der Waals surface area contributed by atoms with Crippen molar-refractivity contribution in [1.82, 2.24) is 5.48 Å². The molecule has 0 bridgehead atoms. The van der Waals surface area contributed by atoms with Crippen molar-refractivity contribution < 1.29 is 40.3 Å². The molecule has 3 aromatic rings. The highest BCUT2D eigenvalue weighted by Crippen LogP contribution is 2.39. The largest absolute Gasteiger partial charge is 0.462 e. The van der Waals surface area contributed by atoms with Crippen LogP contribution in [0.3, 0.4) is 0 Å². The van der Waals surface area contributed by atoms with Crippen molar-refractivity contribution in [3.63, 3.8) is 0 Å². The van der Waals surface area contributed by atoms with E-state index >= 15 is 0 Å². The maximum absolute atomic E-state index is 13.3. The van der Waals surface area contributed by atoms with Gasteiger partial charge in [0.1, 0.15) is 34.2 Å². The summed E-state index contributed by atoms with van der Waals surface area (Å²) in [7, 11) is -2.78. The first-order chi connectivity index (χ1) is 16.4. The summed E-state index contributed by atoms with van der Waals surface area (Å²) >= 11 is 5.94. The molecule has 0 unspecified atom stereocenters. The van der Waals surface area contributed by atoms with Crippen LogP contribution in [0.5, 0.6) is 17.2 Å². The first kappa shape index (κ1) is 26.3. The summed E-state index contributed by atoms with van der Waals surface area (Å²) in [6, 6.07) is 10.5. The van der Waals surface area contributed by atoms with Gasteiger partial charge in [-0.05, 0) is 61.5 Å². The summed E-state index contributed by atoms with van der Waals surface area (Å²) in [5, 5.41) is -0.301. The van der Waals surface area contributed by atoms with Crippen molar-refractivity contribution in [2.24, 2.45) is 0 Å². The van der Waals surface area contributed by atoms with E-state index in [1.165, 1.54) is 31.6 Å². The highest BCUT2D eigenvalue weighted by atomic mass is 35.5. The van der Waals surface area contributed by atoms with Gasteiger partial charge in [0.15, 0.2) is 0 Å². The summed E-state index contributed by atoms with van der Waals surface area (Å²) < 4.78 is 89.4. The number of rotatable bonds is 8. The molecular formula is C23H18ClF4NO5S. The second-order valence-electron chi connectivity index (χ2n) is 7.04. The SMILES string of the molecule is CONC(C)=COc1cc(Oc2ccc(C(F)(F)F)cc2Cl)ccc1S(=O)(=O)c1ccc(F)cc1. The van der Waals surface area contributed by atoms with E-state index in [-0.39, 0.29) is 32.1 Å². The van der Waals surface area contributed by atoms with Gasteiger partial charge in [0, 0.05) is 6.07 Å². The summed E-state index contributed by atoms with van der Waals surface area (Å²) in [6.45, 7) is 1.58. The van der Waals surface area contributed by atoms with E-state index in [9.17, 15) is 26.0 Å².